The third-order valence-corrected chi connectivity index (χ3v) is 3.30. The summed E-state index contributed by atoms with van der Waals surface area (Å²) in [6, 6.07) is 0. The summed E-state index contributed by atoms with van der Waals surface area (Å²) in [5, 5.41) is 0. The molecular weight excluding hydrogens is 228 g/mol. The second kappa shape index (κ2) is 4.57. The second-order valence-electron chi connectivity index (χ2n) is 4.92. The summed E-state index contributed by atoms with van der Waals surface area (Å²) in [6.45, 7) is 2.65. The highest BCUT2D eigenvalue weighted by molar-refractivity contribution is 5.79. The Kier molecular flexibility index (Phi) is 2.91. The van der Waals surface area contributed by atoms with Crippen molar-refractivity contribution in [1.29, 1.82) is 0 Å². The Morgan fingerprint density at radius 1 is 1.33 bits per heavy atom. The molecule has 5 heteroatoms. The van der Waals surface area contributed by atoms with Gasteiger partial charge in [0.1, 0.15) is 5.52 Å². The van der Waals surface area contributed by atoms with Crippen molar-refractivity contribution in [3.8, 4) is 5.88 Å². The van der Waals surface area contributed by atoms with Crippen LogP contribution in [0.15, 0.2) is 12.4 Å². The average molecular weight is 246 g/mol. The lowest BCUT2D eigenvalue weighted by Crippen LogP contribution is -2.20. The predicted octanol–water partition coefficient (Wildman–Crippen LogP) is 1.32. The molecule has 2 aromatic rings. The number of aromatic nitrogens is 3. The quantitative estimate of drug-likeness (QED) is 0.819. The van der Waals surface area contributed by atoms with Gasteiger partial charge in [0.05, 0.1) is 6.61 Å². The molecular formula is C13H18N4O. The normalized spacial score (nSPS) is 14.8. The van der Waals surface area contributed by atoms with E-state index >= 15 is 0 Å². The fraction of sp³-hybridized carbons (Fsp3) is 0.538. The second-order valence-corrected chi connectivity index (χ2v) is 4.92. The van der Waals surface area contributed by atoms with E-state index in [2.05, 4.69) is 33.5 Å². The number of hydrogen-bond acceptors (Lipinski definition) is 4. The van der Waals surface area contributed by atoms with Crippen LogP contribution in [0.25, 0.3) is 11.2 Å². The van der Waals surface area contributed by atoms with Gasteiger partial charge in [0.15, 0.2) is 5.65 Å². The summed E-state index contributed by atoms with van der Waals surface area (Å²) in [5.74, 6) is 0.976. The third-order valence-electron chi connectivity index (χ3n) is 3.30. The Morgan fingerprint density at radius 2 is 2.17 bits per heavy atom. The summed E-state index contributed by atoms with van der Waals surface area (Å²) in [4.78, 5) is 11.1. The van der Waals surface area contributed by atoms with E-state index in [1.54, 1.807) is 12.4 Å². The Bertz CT molecular complexity index is 561. The number of rotatable bonds is 3. The van der Waals surface area contributed by atoms with Crippen LogP contribution in [-0.4, -0.2) is 46.7 Å². The standard InChI is InChI=1S/C13H18N4O/c1-16(2)7-8-17-12-11(14-5-6-15-12)10-4-3-9-18-13(10)17/h5-6H,3-4,7-9H2,1-2H3. The summed E-state index contributed by atoms with van der Waals surface area (Å²) >= 11 is 0. The minimum atomic E-state index is 0.797. The number of hydrogen-bond donors (Lipinski definition) is 0. The van der Waals surface area contributed by atoms with Gasteiger partial charge >= 0.3 is 0 Å². The molecule has 0 radical (unpaired) electrons. The maximum absolute atomic E-state index is 5.84. The van der Waals surface area contributed by atoms with Crippen LogP contribution < -0.4 is 4.74 Å². The van der Waals surface area contributed by atoms with E-state index in [1.807, 2.05) is 0 Å². The summed E-state index contributed by atoms with van der Waals surface area (Å²) < 4.78 is 8.00. The number of aryl methyl sites for hydroxylation is 1. The SMILES string of the molecule is CN(C)CCn1c2c(c3nccnc31)CCCO2. The van der Waals surface area contributed by atoms with Crippen molar-refractivity contribution in [3.05, 3.63) is 18.0 Å². The van der Waals surface area contributed by atoms with E-state index in [-0.39, 0.29) is 0 Å². The van der Waals surface area contributed by atoms with Crippen LogP contribution in [0, 0.1) is 0 Å². The van der Waals surface area contributed by atoms with Gasteiger partial charge in [-0.15, -0.1) is 0 Å². The molecule has 0 amide bonds. The van der Waals surface area contributed by atoms with Gasteiger partial charge in [0, 0.05) is 31.0 Å². The Hall–Kier alpha value is -1.62. The summed E-state index contributed by atoms with van der Waals surface area (Å²) in [5.41, 5.74) is 3.18. The molecule has 0 aliphatic carbocycles. The highest BCUT2D eigenvalue weighted by atomic mass is 16.5. The number of ether oxygens (including phenoxy) is 1. The van der Waals surface area contributed by atoms with Gasteiger partial charge in [-0.1, -0.05) is 0 Å². The molecule has 18 heavy (non-hydrogen) atoms. The number of likely N-dealkylation sites (N-methyl/N-ethyl adjacent to an activating group) is 1. The summed E-state index contributed by atoms with van der Waals surface area (Å²) in [6.07, 6.45) is 5.61. The van der Waals surface area contributed by atoms with E-state index < -0.39 is 0 Å². The molecule has 0 atom stereocenters. The molecule has 0 aromatic carbocycles. The van der Waals surface area contributed by atoms with E-state index in [0.29, 0.717) is 0 Å². The molecule has 3 rings (SSSR count). The van der Waals surface area contributed by atoms with Crippen LogP contribution in [0.5, 0.6) is 5.88 Å². The van der Waals surface area contributed by atoms with Crippen molar-refractivity contribution in [3.63, 3.8) is 0 Å². The lowest BCUT2D eigenvalue weighted by Gasteiger charge is -2.17. The van der Waals surface area contributed by atoms with E-state index in [4.69, 9.17) is 4.74 Å². The fourth-order valence-electron chi connectivity index (χ4n) is 2.42. The zero-order valence-electron chi connectivity index (χ0n) is 10.9. The van der Waals surface area contributed by atoms with E-state index in [0.717, 1.165) is 49.6 Å². The molecule has 0 fully saturated rings. The first-order valence-corrected chi connectivity index (χ1v) is 6.37. The molecule has 1 aliphatic heterocycles. The molecule has 0 N–H and O–H groups in total. The van der Waals surface area contributed by atoms with Crippen LogP contribution in [0.1, 0.15) is 12.0 Å². The van der Waals surface area contributed by atoms with Gasteiger partial charge in [-0.25, -0.2) is 4.98 Å². The minimum absolute atomic E-state index is 0.797. The monoisotopic (exact) mass is 246 g/mol. The molecule has 96 valence electrons. The Balaban J connectivity index is 2.10. The Morgan fingerprint density at radius 3 is 3.00 bits per heavy atom. The molecule has 2 aromatic heterocycles. The lowest BCUT2D eigenvalue weighted by molar-refractivity contribution is 0.259. The highest BCUT2D eigenvalue weighted by Gasteiger charge is 2.22. The van der Waals surface area contributed by atoms with E-state index in [9.17, 15) is 0 Å². The predicted molar refractivity (Wildman–Crippen MR) is 69.9 cm³/mol. The zero-order valence-corrected chi connectivity index (χ0v) is 10.9. The number of fused-ring (bicyclic) bond motifs is 3. The third kappa shape index (κ3) is 1.84. The molecule has 0 spiro atoms. The minimum Gasteiger partial charge on any atom is -0.479 e. The highest BCUT2D eigenvalue weighted by Crippen LogP contribution is 2.33. The molecule has 5 nitrogen and oxygen atoms in total. The lowest BCUT2D eigenvalue weighted by atomic mass is 10.1. The van der Waals surface area contributed by atoms with Gasteiger partial charge in [-0.3, -0.25) is 9.55 Å². The average Bonchev–Trinajstić information content (AvgIpc) is 2.71. The first kappa shape index (κ1) is 11.5. The van der Waals surface area contributed by atoms with Crippen molar-refractivity contribution in [2.45, 2.75) is 19.4 Å². The maximum Gasteiger partial charge on any atom is 0.200 e. The van der Waals surface area contributed by atoms with Gasteiger partial charge in [-0.05, 0) is 26.9 Å². The first-order chi connectivity index (χ1) is 8.77. The molecule has 3 heterocycles. The van der Waals surface area contributed by atoms with Crippen molar-refractivity contribution in [1.82, 2.24) is 19.4 Å². The molecule has 0 bridgehead atoms. The van der Waals surface area contributed by atoms with Crippen molar-refractivity contribution >= 4 is 11.2 Å². The van der Waals surface area contributed by atoms with Crippen molar-refractivity contribution < 1.29 is 4.74 Å². The van der Waals surface area contributed by atoms with Gasteiger partial charge < -0.3 is 9.64 Å². The van der Waals surface area contributed by atoms with Crippen molar-refractivity contribution in [2.75, 3.05) is 27.2 Å². The molecule has 0 saturated heterocycles. The van der Waals surface area contributed by atoms with Crippen LogP contribution in [-0.2, 0) is 13.0 Å². The smallest absolute Gasteiger partial charge is 0.200 e. The topological polar surface area (TPSA) is 43.2 Å². The maximum atomic E-state index is 5.84. The first-order valence-electron chi connectivity index (χ1n) is 6.37. The fourth-order valence-corrected chi connectivity index (χ4v) is 2.42. The molecule has 1 aliphatic rings. The van der Waals surface area contributed by atoms with Crippen LogP contribution in [0.4, 0.5) is 0 Å². The molecule has 0 unspecified atom stereocenters. The van der Waals surface area contributed by atoms with Gasteiger partial charge in [-0.2, -0.15) is 0 Å². The summed E-state index contributed by atoms with van der Waals surface area (Å²) in [7, 11) is 4.15. The zero-order chi connectivity index (χ0) is 12.5. The molecule has 0 saturated carbocycles. The van der Waals surface area contributed by atoms with Crippen LogP contribution in [0.3, 0.4) is 0 Å². The largest absolute Gasteiger partial charge is 0.479 e. The van der Waals surface area contributed by atoms with Crippen LogP contribution >= 0.6 is 0 Å². The van der Waals surface area contributed by atoms with Gasteiger partial charge in [0.2, 0.25) is 5.88 Å². The van der Waals surface area contributed by atoms with Crippen molar-refractivity contribution in [2.24, 2.45) is 0 Å². The number of nitrogens with zero attached hydrogens (tertiary/aromatic N) is 4. The van der Waals surface area contributed by atoms with Crippen LogP contribution in [0.2, 0.25) is 0 Å². The van der Waals surface area contributed by atoms with Gasteiger partial charge in [0.25, 0.3) is 0 Å². The Labute approximate surface area is 106 Å². The van der Waals surface area contributed by atoms with E-state index in [1.165, 1.54) is 5.56 Å².